The summed E-state index contributed by atoms with van der Waals surface area (Å²) in [6, 6.07) is 1.74. The van der Waals surface area contributed by atoms with Gasteiger partial charge in [-0.3, -0.25) is 9.69 Å². The Morgan fingerprint density at radius 2 is 2.04 bits per heavy atom. The van der Waals surface area contributed by atoms with E-state index < -0.39 is 0 Å². The van der Waals surface area contributed by atoms with Gasteiger partial charge in [-0.1, -0.05) is 0 Å². The molecule has 0 spiro atoms. The van der Waals surface area contributed by atoms with E-state index in [1.807, 2.05) is 4.90 Å². The van der Waals surface area contributed by atoms with Crippen molar-refractivity contribution >= 4 is 11.9 Å². The maximum Gasteiger partial charge on any atom is 0.341 e. The van der Waals surface area contributed by atoms with Crippen LogP contribution < -0.4 is 0 Å². The smallest absolute Gasteiger partial charge is 0.341 e. The van der Waals surface area contributed by atoms with Gasteiger partial charge in [0.2, 0.25) is 5.91 Å². The summed E-state index contributed by atoms with van der Waals surface area (Å²) in [7, 11) is 1.36. The number of amides is 1. The fraction of sp³-hybridized carbons (Fsp3) is 0.667. The molecule has 2 saturated heterocycles. The molecule has 1 atom stereocenters. The molecule has 1 amide bonds. The van der Waals surface area contributed by atoms with E-state index in [9.17, 15) is 9.59 Å². The van der Waals surface area contributed by atoms with Crippen LogP contribution in [0, 0.1) is 12.8 Å². The number of hydrogen-bond donors (Lipinski definition) is 0. The van der Waals surface area contributed by atoms with Crippen molar-refractivity contribution in [1.29, 1.82) is 0 Å². The number of likely N-dealkylation sites (tertiary alicyclic amines) is 1. The van der Waals surface area contributed by atoms with Gasteiger partial charge in [-0.15, -0.1) is 0 Å². The molecule has 2 aliphatic heterocycles. The first-order valence-electron chi connectivity index (χ1n) is 8.85. The molecule has 1 unspecified atom stereocenters. The average Bonchev–Trinajstić information content (AvgIpc) is 3.01. The lowest BCUT2D eigenvalue weighted by molar-refractivity contribution is -0.141. The standard InChI is InChI=1S/C18H26N2O5/c1-13-16(18(22)23-2)10-15(25-13)12-19-5-3-4-14(11-19)17(21)20-6-8-24-9-7-20/h10,14H,3-9,11-12H2,1-2H3. The lowest BCUT2D eigenvalue weighted by Crippen LogP contribution is -2.48. The zero-order valence-corrected chi connectivity index (χ0v) is 15.0. The fourth-order valence-electron chi connectivity index (χ4n) is 3.60. The van der Waals surface area contributed by atoms with E-state index in [0.717, 1.165) is 31.7 Å². The lowest BCUT2D eigenvalue weighted by Gasteiger charge is -2.35. The van der Waals surface area contributed by atoms with E-state index >= 15 is 0 Å². The molecule has 0 radical (unpaired) electrons. The number of methoxy groups -OCH3 is 1. The van der Waals surface area contributed by atoms with Crippen molar-refractivity contribution < 1.29 is 23.5 Å². The topological polar surface area (TPSA) is 72.2 Å². The number of carbonyl (C=O) groups is 2. The SMILES string of the molecule is COC(=O)c1cc(CN2CCCC(C(=O)N3CCOCC3)C2)oc1C. The number of furan rings is 1. The molecule has 0 N–H and O–H groups in total. The van der Waals surface area contributed by atoms with Crippen molar-refractivity contribution in [1.82, 2.24) is 9.80 Å². The zero-order chi connectivity index (χ0) is 17.8. The van der Waals surface area contributed by atoms with Crippen molar-refractivity contribution in [3.63, 3.8) is 0 Å². The number of hydrogen-bond acceptors (Lipinski definition) is 6. The predicted octanol–water partition coefficient (Wildman–Crippen LogP) is 1.45. The zero-order valence-electron chi connectivity index (χ0n) is 15.0. The van der Waals surface area contributed by atoms with E-state index in [4.69, 9.17) is 13.9 Å². The van der Waals surface area contributed by atoms with Gasteiger partial charge in [0, 0.05) is 19.6 Å². The molecule has 138 valence electrons. The van der Waals surface area contributed by atoms with Crippen LogP contribution in [0.15, 0.2) is 10.5 Å². The highest BCUT2D eigenvalue weighted by Crippen LogP contribution is 2.23. The van der Waals surface area contributed by atoms with E-state index in [1.165, 1.54) is 7.11 Å². The van der Waals surface area contributed by atoms with Crippen molar-refractivity contribution in [2.45, 2.75) is 26.3 Å². The van der Waals surface area contributed by atoms with Crippen LogP contribution in [0.2, 0.25) is 0 Å². The molecule has 25 heavy (non-hydrogen) atoms. The van der Waals surface area contributed by atoms with Gasteiger partial charge < -0.3 is 18.8 Å². The second-order valence-corrected chi connectivity index (χ2v) is 6.69. The summed E-state index contributed by atoms with van der Waals surface area (Å²) in [5.41, 5.74) is 0.468. The Kier molecular flexibility index (Phi) is 5.75. The largest absolute Gasteiger partial charge is 0.465 e. The third-order valence-electron chi connectivity index (χ3n) is 4.93. The molecule has 3 heterocycles. The van der Waals surface area contributed by atoms with E-state index in [-0.39, 0.29) is 17.8 Å². The van der Waals surface area contributed by atoms with Crippen LogP contribution in [-0.4, -0.2) is 68.2 Å². The fourth-order valence-corrected chi connectivity index (χ4v) is 3.60. The number of aryl methyl sites for hydroxylation is 1. The average molecular weight is 350 g/mol. The van der Waals surface area contributed by atoms with Gasteiger partial charge in [0.25, 0.3) is 0 Å². The first kappa shape index (κ1) is 17.9. The number of nitrogens with zero attached hydrogens (tertiary/aromatic N) is 2. The molecule has 1 aromatic heterocycles. The Balaban J connectivity index is 1.60. The maximum atomic E-state index is 12.7. The van der Waals surface area contributed by atoms with Gasteiger partial charge >= 0.3 is 5.97 Å². The van der Waals surface area contributed by atoms with Gasteiger partial charge in [0.1, 0.15) is 17.1 Å². The first-order chi connectivity index (χ1) is 12.1. The highest BCUT2D eigenvalue weighted by atomic mass is 16.5. The molecular formula is C18H26N2O5. The van der Waals surface area contributed by atoms with Crippen LogP contribution in [0.1, 0.15) is 34.7 Å². The van der Waals surface area contributed by atoms with Crippen LogP contribution >= 0.6 is 0 Å². The van der Waals surface area contributed by atoms with Gasteiger partial charge in [0.15, 0.2) is 0 Å². The lowest BCUT2D eigenvalue weighted by atomic mass is 9.96. The van der Waals surface area contributed by atoms with Gasteiger partial charge in [-0.2, -0.15) is 0 Å². The minimum Gasteiger partial charge on any atom is -0.465 e. The first-order valence-corrected chi connectivity index (χ1v) is 8.85. The number of morpholine rings is 1. The quantitative estimate of drug-likeness (QED) is 0.766. The highest BCUT2D eigenvalue weighted by Gasteiger charge is 2.30. The van der Waals surface area contributed by atoms with Crippen molar-refractivity contribution in [3.8, 4) is 0 Å². The molecule has 7 nitrogen and oxygen atoms in total. The van der Waals surface area contributed by atoms with Gasteiger partial charge in [-0.05, 0) is 32.4 Å². The molecule has 7 heteroatoms. The monoisotopic (exact) mass is 350 g/mol. The number of carbonyl (C=O) groups excluding carboxylic acids is 2. The van der Waals surface area contributed by atoms with Crippen molar-refractivity contribution in [2.24, 2.45) is 5.92 Å². The van der Waals surface area contributed by atoms with Crippen molar-refractivity contribution in [2.75, 3.05) is 46.5 Å². The molecular weight excluding hydrogens is 324 g/mol. The van der Waals surface area contributed by atoms with Gasteiger partial charge in [-0.25, -0.2) is 4.79 Å². The molecule has 0 aromatic carbocycles. The highest BCUT2D eigenvalue weighted by molar-refractivity contribution is 5.90. The molecule has 2 aliphatic rings. The van der Waals surface area contributed by atoms with E-state index in [0.29, 0.717) is 44.2 Å². The maximum absolute atomic E-state index is 12.7. The number of ether oxygens (including phenoxy) is 2. The van der Waals surface area contributed by atoms with Gasteiger partial charge in [0.05, 0.1) is 32.8 Å². The number of rotatable bonds is 4. The Bertz CT molecular complexity index is 621. The Morgan fingerprint density at radius 1 is 1.28 bits per heavy atom. The van der Waals surface area contributed by atoms with Crippen LogP contribution in [0.25, 0.3) is 0 Å². The molecule has 0 saturated carbocycles. The van der Waals surface area contributed by atoms with E-state index in [1.54, 1.807) is 13.0 Å². The Morgan fingerprint density at radius 3 is 2.76 bits per heavy atom. The normalized spacial score (nSPS) is 22.0. The second kappa shape index (κ2) is 8.01. The molecule has 0 aliphatic carbocycles. The van der Waals surface area contributed by atoms with Crippen LogP contribution in [-0.2, 0) is 20.8 Å². The van der Waals surface area contributed by atoms with Crippen LogP contribution in [0.3, 0.4) is 0 Å². The molecule has 0 bridgehead atoms. The number of esters is 1. The summed E-state index contributed by atoms with van der Waals surface area (Å²) in [4.78, 5) is 28.5. The Labute approximate surface area is 147 Å². The predicted molar refractivity (Wildman–Crippen MR) is 90.2 cm³/mol. The third-order valence-corrected chi connectivity index (χ3v) is 4.93. The summed E-state index contributed by atoms with van der Waals surface area (Å²) in [5.74, 6) is 1.19. The summed E-state index contributed by atoms with van der Waals surface area (Å²) < 4.78 is 15.8. The minimum absolute atomic E-state index is 0.0305. The molecule has 2 fully saturated rings. The van der Waals surface area contributed by atoms with Crippen LogP contribution in [0.5, 0.6) is 0 Å². The molecule has 3 rings (SSSR count). The van der Waals surface area contributed by atoms with Crippen molar-refractivity contribution in [3.05, 3.63) is 23.2 Å². The van der Waals surface area contributed by atoms with E-state index in [2.05, 4.69) is 4.90 Å². The minimum atomic E-state index is -0.383. The third kappa shape index (κ3) is 4.22. The number of piperidine rings is 1. The van der Waals surface area contributed by atoms with Crippen LogP contribution in [0.4, 0.5) is 0 Å². The second-order valence-electron chi connectivity index (χ2n) is 6.69. The summed E-state index contributed by atoms with van der Waals surface area (Å²) >= 11 is 0. The molecule has 1 aromatic rings. The summed E-state index contributed by atoms with van der Waals surface area (Å²) in [5, 5.41) is 0. The summed E-state index contributed by atoms with van der Waals surface area (Å²) in [6.07, 6.45) is 1.92. The summed E-state index contributed by atoms with van der Waals surface area (Å²) in [6.45, 7) is 6.66. The Hall–Kier alpha value is -1.86.